The summed E-state index contributed by atoms with van der Waals surface area (Å²) in [5.41, 5.74) is 0.736. The molecular weight excluding hydrogens is 196 g/mol. The zero-order valence-electron chi connectivity index (χ0n) is 8.45. The normalized spacial score (nSPS) is 9.60. The summed E-state index contributed by atoms with van der Waals surface area (Å²) in [4.78, 5) is 11.2. The minimum Gasteiger partial charge on any atom is -0.463 e. The molecule has 0 bridgehead atoms. The number of nitrogens with zero attached hydrogens (tertiary/aromatic N) is 1. The average Bonchev–Trinajstić information content (AvgIpc) is 2.71. The van der Waals surface area contributed by atoms with Crippen molar-refractivity contribution in [3.8, 4) is 6.07 Å². The molecule has 0 aromatic carbocycles. The van der Waals surface area contributed by atoms with Crippen LogP contribution in [0.2, 0.25) is 0 Å². The van der Waals surface area contributed by atoms with Gasteiger partial charge in [0.1, 0.15) is 0 Å². The summed E-state index contributed by atoms with van der Waals surface area (Å²) in [6.07, 6.45) is 1.87. The van der Waals surface area contributed by atoms with Crippen molar-refractivity contribution in [1.82, 2.24) is 5.32 Å². The number of rotatable bonds is 5. The molecule has 1 heterocycles. The van der Waals surface area contributed by atoms with Gasteiger partial charge in [-0.25, -0.2) is 4.79 Å². The van der Waals surface area contributed by atoms with Gasteiger partial charge in [-0.3, -0.25) is 0 Å². The number of carbonyl (C=O) groups excluding carboxylic acids is 1. The fourth-order valence-electron chi connectivity index (χ4n) is 1.11. The van der Waals surface area contributed by atoms with Crippen LogP contribution in [-0.4, -0.2) is 19.6 Å². The summed E-state index contributed by atoms with van der Waals surface area (Å²) in [6, 6.07) is 3.72. The van der Waals surface area contributed by atoms with Crippen LogP contribution in [0.25, 0.3) is 0 Å². The molecule has 1 aromatic heterocycles. The minimum absolute atomic E-state index is 0.210. The van der Waals surface area contributed by atoms with Crippen molar-refractivity contribution in [2.45, 2.75) is 13.0 Å². The molecule has 0 aliphatic heterocycles. The standard InChI is InChI=1S/C10H12N2O3/c1-14-10(13)9-8(3-6-15-9)7-12-5-2-4-11/h3,6,12H,2,5,7H2,1H3. The first-order valence-electron chi connectivity index (χ1n) is 4.52. The summed E-state index contributed by atoms with van der Waals surface area (Å²) in [5, 5.41) is 11.3. The van der Waals surface area contributed by atoms with Crippen molar-refractivity contribution in [1.29, 1.82) is 5.26 Å². The quantitative estimate of drug-likeness (QED) is 0.578. The van der Waals surface area contributed by atoms with E-state index < -0.39 is 5.97 Å². The second-order valence-corrected chi connectivity index (χ2v) is 2.85. The molecule has 0 unspecified atom stereocenters. The van der Waals surface area contributed by atoms with E-state index in [9.17, 15) is 4.79 Å². The summed E-state index contributed by atoms with van der Waals surface area (Å²) in [7, 11) is 1.30. The first-order chi connectivity index (χ1) is 7.29. The third-order valence-electron chi connectivity index (χ3n) is 1.85. The van der Waals surface area contributed by atoms with Crippen LogP contribution < -0.4 is 5.32 Å². The van der Waals surface area contributed by atoms with Gasteiger partial charge in [0.25, 0.3) is 0 Å². The number of ether oxygens (including phenoxy) is 1. The van der Waals surface area contributed by atoms with Gasteiger partial charge in [0, 0.05) is 25.1 Å². The van der Waals surface area contributed by atoms with Crippen LogP contribution in [0.1, 0.15) is 22.5 Å². The Kier molecular flexibility index (Phi) is 4.38. The number of hydrogen-bond donors (Lipinski definition) is 1. The number of nitriles is 1. The molecule has 1 aromatic rings. The smallest absolute Gasteiger partial charge is 0.374 e. The molecule has 0 radical (unpaired) electrons. The molecule has 0 spiro atoms. The molecule has 0 aliphatic rings. The van der Waals surface area contributed by atoms with Crippen LogP contribution in [-0.2, 0) is 11.3 Å². The highest BCUT2D eigenvalue weighted by Gasteiger charge is 2.14. The van der Waals surface area contributed by atoms with Gasteiger partial charge in [0.2, 0.25) is 5.76 Å². The minimum atomic E-state index is -0.489. The Morgan fingerprint density at radius 1 is 1.73 bits per heavy atom. The Bertz CT molecular complexity index is 365. The van der Waals surface area contributed by atoms with Gasteiger partial charge in [0.15, 0.2) is 0 Å². The Morgan fingerprint density at radius 3 is 3.20 bits per heavy atom. The number of methoxy groups -OCH3 is 1. The summed E-state index contributed by atoms with van der Waals surface area (Å²) >= 11 is 0. The average molecular weight is 208 g/mol. The molecule has 80 valence electrons. The van der Waals surface area contributed by atoms with Crippen LogP contribution in [0, 0.1) is 11.3 Å². The number of esters is 1. The van der Waals surface area contributed by atoms with Crippen LogP contribution in [0.15, 0.2) is 16.7 Å². The number of nitrogens with one attached hydrogen (secondary N) is 1. The Hall–Kier alpha value is -1.80. The largest absolute Gasteiger partial charge is 0.463 e. The first kappa shape index (κ1) is 11.3. The van der Waals surface area contributed by atoms with Crippen molar-refractivity contribution in [2.75, 3.05) is 13.7 Å². The molecule has 15 heavy (non-hydrogen) atoms. The fourth-order valence-corrected chi connectivity index (χ4v) is 1.11. The molecular formula is C10H12N2O3. The third kappa shape index (κ3) is 3.11. The fraction of sp³-hybridized carbons (Fsp3) is 0.400. The maximum Gasteiger partial charge on any atom is 0.374 e. The molecule has 0 aliphatic carbocycles. The molecule has 0 saturated heterocycles. The van der Waals surface area contributed by atoms with Crippen molar-refractivity contribution in [3.05, 3.63) is 23.7 Å². The van der Waals surface area contributed by atoms with Crippen molar-refractivity contribution in [3.63, 3.8) is 0 Å². The molecule has 0 fully saturated rings. The molecule has 5 heteroatoms. The second kappa shape index (κ2) is 5.83. The number of furan rings is 1. The molecule has 1 N–H and O–H groups in total. The highest BCUT2D eigenvalue weighted by atomic mass is 16.5. The Morgan fingerprint density at radius 2 is 2.53 bits per heavy atom. The highest BCUT2D eigenvalue weighted by molar-refractivity contribution is 5.87. The van der Waals surface area contributed by atoms with E-state index in [0.29, 0.717) is 19.5 Å². The molecule has 0 atom stereocenters. The molecule has 0 amide bonds. The lowest BCUT2D eigenvalue weighted by molar-refractivity contribution is 0.0563. The van der Waals surface area contributed by atoms with Gasteiger partial charge in [0.05, 0.1) is 19.4 Å². The van der Waals surface area contributed by atoms with Gasteiger partial charge in [-0.15, -0.1) is 0 Å². The van der Waals surface area contributed by atoms with Gasteiger partial charge in [-0.05, 0) is 6.07 Å². The lowest BCUT2D eigenvalue weighted by Crippen LogP contribution is -2.16. The second-order valence-electron chi connectivity index (χ2n) is 2.85. The Balaban J connectivity index is 2.51. The topological polar surface area (TPSA) is 75.3 Å². The van der Waals surface area contributed by atoms with E-state index in [1.807, 2.05) is 6.07 Å². The monoisotopic (exact) mass is 208 g/mol. The summed E-state index contributed by atoms with van der Waals surface area (Å²) < 4.78 is 9.54. The van der Waals surface area contributed by atoms with E-state index in [1.54, 1.807) is 6.07 Å². The summed E-state index contributed by atoms with van der Waals surface area (Å²) in [6.45, 7) is 1.07. The molecule has 1 rings (SSSR count). The van der Waals surface area contributed by atoms with Crippen molar-refractivity contribution < 1.29 is 13.9 Å². The van der Waals surface area contributed by atoms with Gasteiger partial charge in [-0.2, -0.15) is 5.26 Å². The molecule has 0 saturated carbocycles. The van der Waals surface area contributed by atoms with E-state index in [4.69, 9.17) is 9.68 Å². The van der Waals surface area contributed by atoms with E-state index in [-0.39, 0.29) is 5.76 Å². The SMILES string of the molecule is COC(=O)c1occc1CNCCC#N. The van der Waals surface area contributed by atoms with Gasteiger partial charge >= 0.3 is 5.97 Å². The zero-order chi connectivity index (χ0) is 11.1. The lowest BCUT2D eigenvalue weighted by atomic mass is 10.2. The van der Waals surface area contributed by atoms with E-state index in [0.717, 1.165) is 5.56 Å². The number of carbonyl (C=O) groups is 1. The predicted molar refractivity (Wildman–Crippen MR) is 52.0 cm³/mol. The maximum atomic E-state index is 11.2. The predicted octanol–water partition coefficient (Wildman–Crippen LogP) is 1.07. The van der Waals surface area contributed by atoms with Crippen LogP contribution in [0.4, 0.5) is 0 Å². The summed E-state index contributed by atoms with van der Waals surface area (Å²) in [5.74, 6) is -0.279. The zero-order valence-corrected chi connectivity index (χ0v) is 8.45. The van der Waals surface area contributed by atoms with Crippen molar-refractivity contribution in [2.24, 2.45) is 0 Å². The van der Waals surface area contributed by atoms with Gasteiger partial charge in [-0.1, -0.05) is 0 Å². The van der Waals surface area contributed by atoms with Crippen LogP contribution in [0.5, 0.6) is 0 Å². The lowest BCUT2D eigenvalue weighted by Gasteiger charge is -2.01. The van der Waals surface area contributed by atoms with E-state index in [2.05, 4.69) is 10.1 Å². The van der Waals surface area contributed by atoms with E-state index >= 15 is 0 Å². The first-order valence-corrected chi connectivity index (χ1v) is 4.52. The van der Waals surface area contributed by atoms with Gasteiger partial charge < -0.3 is 14.5 Å². The Labute approximate surface area is 87.6 Å². The third-order valence-corrected chi connectivity index (χ3v) is 1.85. The van der Waals surface area contributed by atoms with E-state index in [1.165, 1.54) is 13.4 Å². The van der Waals surface area contributed by atoms with Crippen molar-refractivity contribution >= 4 is 5.97 Å². The maximum absolute atomic E-state index is 11.2. The highest BCUT2D eigenvalue weighted by Crippen LogP contribution is 2.11. The van der Waals surface area contributed by atoms with Crippen LogP contribution >= 0.6 is 0 Å². The molecule has 5 nitrogen and oxygen atoms in total. The number of hydrogen-bond acceptors (Lipinski definition) is 5. The van der Waals surface area contributed by atoms with Crippen LogP contribution in [0.3, 0.4) is 0 Å².